The van der Waals surface area contributed by atoms with Crippen molar-refractivity contribution in [3.05, 3.63) is 71.3 Å². The molecule has 0 amide bonds. The molecule has 3 rings (SSSR count). The van der Waals surface area contributed by atoms with Gasteiger partial charge in [0, 0.05) is 13.1 Å². The number of carboxylic acids is 1. The molecule has 5 heteroatoms. The largest absolute Gasteiger partial charge is 0.497 e. The molecule has 0 spiro atoms. The van der Waals surface area contributed by atoms with Crippen molar-refractivity contribution in [3.8, 4) is 5.75 Å². The highest BCUT2D eigenvalue weighted by Crippen LogP contribution is 2.28. The summed E-state index contributed by atoms with van der Waals surface area (Å²) in [6.07, 6.45) is 3.83. The van der Waals surface area contributed by atoms with E-state index in [-0.39, 0.29) is 5.92 Å². The van der Waals surface area contributed by atoms with Gasteiger partial charge < -0.3 is 19.5 Å². The zero-order valence-corrected chi connectivity index (χ0v) is 17.8. The molecule has 0 saturated carbocycles. The maximum absolute atomic E-state index is 11.2. The molecule has 1 unspecified atom stereocenters. The predicted octanol–water partition coefficient (Wildman–Crippen LogP) is 4.25. The number of carbonyl (C=O) groups is 1. The molecule has 30 heavy (non-hydrogen) atoms. The summed E-state index contributed by atoms with van der Waals surface area (Å²) in [7, 11) is 1.68. The summed E-state index contributed by atoms with van der Waals surface area (Å²) < 4.78 is 11.3. The van der Waals surface area contributed by atoms with E-state index < -0.39 is 5.97 Å². The number of nitrogens with zero attached hydrogens (tertiary/aromatic N) is 1. The molecule has 0 bridgehead atoms. The summed E-state index contributed by atoms with van der Waals surface area (Å²) in [5.41, 5.74) is 4.60. The zero-order chi connectivity index (χ0) is 21.3. The fourth-order valence-corrected chi connectivity index (χ4v) is 3.93. The van der Waals surface area contributed by atoms with Crippen LogP contribution in [0.5, 0.6) is 5.75 Å². The Labute approximate surface area is 178 Å². The Morgan fingerprint density at radius 1 is 1.23 bits per heavy atom. The summed E-state index contributed by atoms with van der Waals surface area (Å²) in [5, 5.41) is 9.23. The molecule has 0 radical (unpaired) electrons. The molecular formula is C25H31NO4. The number of aryl methyl sites for hydroxylation is 1. The molecule has 0 aliphatic carbocycles. The second-order valence-electron chi connectivity index (χ2n) is 7.72. The van der Waals surface area contributed by atoms with Gasteiger partial charge in [0.05, 0.1) is 26.2 Å². The first-order valence-electron chi connectivity index (χ1n) is 10.5. The molecule has 2 aromatic rings. The van der Waals surface area contributed by atoms with Gasteiger partial charge in [0.15, 0.2) is 0 Å². The maximum Gasteiger partial charge on any atom is 0.307 e. The molecule has 1 N–H and O–H groups in total. The van der Waals surface area contributed by atoms with Gasteiger partial charge in [-0.05, 0) is 60.7 Å². The summed E-state index contributed by atoms with van der Waals surface area (Å²) in [6.45, 7) is 5.52. The van der Waals surface area contributed by atoms with E-state index in [1.807, 2.05) is 30.3 Å². The second-order valence-corrected chi connectivity index (χ2v) is 7.72. The standard InChI is InChI=1S/C25H31NO4/c1-19-7-3-4-11-23(19)24(20-8-5-10-22(17-20)29-2)12-15-30-16-14-26-13-6-9-21(18-26)25(27)28/h3-5,7-8,10-12,17,21H,6,9,13-16,18H2,1-2H3,(H,27,28). The van der Waals surface area contributed by atoms with E-state index in [9.17, 15) is 9.90 Å². The molecule has 1 heterocycles. The Balaban J connectivity index is 1.64. The molecule has 5 nitrogen and oxygen atoms in total. The highest BCUT2D eigenvalue weighted by molar-refractivity contribution is 5.81. The van der Waals surface area contributed by atoms with E-state index in [0.29, 0.717) is 19.8 Å². The van der Waals surface area contributed by atoms with E-state index in [1.165, 1.54) is 11.1 Å². The first kappa shape index (κ1) is 22.1. The lowest BCUT2D eigenvalue weighted by molar-refractivity contribution is -0.143. The second kappa shape index (κ2) is 11.0. The smallest absolute Gasteiger partial charge is 0.307 e. The van der Waals surface area contributed by atoms with Gasteiger partial charge in [-0.1, -0.05) is 42.5 Å². The third-order valence-electron chi connectivity index (χ3n) is 5.63. The molecule has 1 saturated heterocycles. The molecule has 1 fully saturated rings. The van der Waals surface area contributed by atoms with Crippen molar-refractivity contribution in [2.45, 2.75) is 19.8 Å². The number of benzene rings is 2. The molecular weight excluding hydrogens is 378 g/mol. The predicted molar refractivity (Wildman–Crippen MR) is 119 cm³/mol. The van der Waals surface area contributed by atoms with Crippen molar-refractivity contribution in [1.82, 2.24) is 4.90 Å². The number of methoxy groups -OCH3 is 1. The van der Waals surface area contributed by atoms with Crippen molar-refractivity contribution < 1.29 is 19.4 Å². The Bertz CT molecular complexity index is 877. The SMILES string of the molecule is COc1cccc(C(=CCOCCN2CCCC(C(=O)O)C2)c2ccccc2C)c1. The zero-order valence-electron chi connectivity index (χ0n) is 17.8. The number of ether oxygens (including phenoxy) is 2. The third kappa shape index (κ3) is 5.94. The average molecular weight is 410 g/mol. The number of piperidine rings is 1. The molecule has 160 valence electrons. The minimum atomic E-state index is -0.690. The van der Waals surface area contributed by atoms with Crippen LogP contribution in [0.4, 0.5) is 0 Å². The average Bonchev–Trinajstić information content (AvgIpc) is 2.77. The Kier molecular flexibility index (Phi) is 8.05. The highest BCUT2D eigenvalue weighted by Gasteiger charge is 2.24. The van der Waals surface area contributed by atoms with Crippen LogP contribution in [0.15, 0.2) is 54.6 Å². The Morgan fingerprint density at radius 3 is 2.83 bits per heavy atom. The minimum Gasteiger partial charge on any atom is -0.497 e. The highest BCUT2D eigenvalue weighted by atomic mass is 16.5. The molecule has 1 aliphatic heterocycles. The lowest BCUT2D eigenvalue weighted by atomic mass is 9.94. The lowest BCUT2D eigenvalue weighted by Gasteiger charge is -2.30. The van der Waals surface area contributed by atoms with Crippen molar-refractivity contribution >= 4 is 11.5 Å². The van der Waals surface area contributed by atoms with Crippen LogP contribution in [-0.2, 0) is 9.53 Å². The number of likely N-dealkylation sites (tertiary alicyclic amines) is 1. The van der Waals surface area contributed by atoms with Crippen molar-refractivity contribution in [3.63, 3.8) is 0 Å². The van der Waals surface area contributed by atoms with Crippen LogP contribution in [0.25, 0.3) is 5.57 Å². The van der Waals surface area contributed by atoms with Crippen LogP contribution < -0.4 is 4.74 Å². The van der Waals surface area contributed by atoms with Crippen molar-refractivity contribution in [2.75, 3.05) is 40.0 Å². The van der Waals surface area contributed by atoms with E-state index in [4.69, 9.17) is 9.47 Å². The summed E-state index contributed by atoms with van der Waals surface area (Å²) >= 11 is 0. The number of carboxylic acid groups (broad SMARTS) is 1. The summed E-state index contributed by atoms with van der Waals surface area (Å²) in [4.78, 5) is 13.4. The number of aliphatic carboxylic acids is 1. The van der Waals surface area contributed by atoms with Gasteiger partial charge in [-0.15, -0.1) is 0 Å². The Morgan fingerprint density at radius 2 is 2.07 bits per heavy atom. The van der Waals surface area contributed by atoms with E-state index >= 15 is 0 Å². The summed E-state index contributed by atoms with van der Waals surface area (Å²) in [5.74, 6) is -0.116. The van der Waals surface area contributed by atoms with Gasteiger partial charge in [0.2, 0.25) is 0 Å². The van der Waals surface area contributed by atoms with Crippen molar-refractivity contribution in [2.24, 2.45) is 5.92 Å². The number of rotatable bonds is 9. The van der Waals surface area contributed by atoms with Crippen LogP contribution in [-0.4, -0.2) is 55.9 Å². The van der Waals surface area contributed by atoms with Crippen LogP contribution in [0, 0.1) is 12.8 Å². The van der Waals surface area contributed by atoms with Crippen molar-refractivity contribution in [1.29, 1.82) is 0 Å². The number of hydrogen-bond acceptors (Lipinski definition) is 4. The first-order chi connectivity index (χ1) is 14.6. The number of hydrogen-bond donors (Lipinski definition) is 1. The molecule has 1 atom stereocenters. The van der Waals surface area contributed by atoms with E-state index in [2.05, 4.69) is 36.1 Å². The first-order valence-corrected chi connectivity index (χ1v) is 10.5. The Hall–Kier alpha value is -2.63. The monoisotopic (exact) mass is 409 g/mol. The van der Waals surface area contributed by atoms with Gasteiger partial charge in [-0.2, -0.15) is 0 Å². The normalized spacial score (nSPS) is 17.7. The molecule has 2 aromatic carbocycles. The molecule has 0 aromatic heterocycles. The van der Waals surface area contributed by atoms with Gasteiger partial charge in [0.25, 0.3) is 0 Å². The van der Waals surface area contributed by atoms with Crippen LogP contribution in [0.3, 0.4) is 0 Å². The van der Waals surface area contributed by atoms with Crippen LogP contribution in [0.2, 0.25) is 0 Å². The minimum absolute atomic E-state index is 0.251. The summed E-state index contributed by atoms with van der Waals surface area (Å²) in [6, 6.07) is 16.4. The van der Waals surface area contributed by atoms with Gasteiger partial charge >= 0.3 is 5.97 Å². The maximum atomic E-state index is 11.2. The fraction of sp³-hybridized carbons (Fsp3) is 0.400. The molecule has 1 aliphatic rings. The van der Waals surface area contributed by atoms with Gasteiger partial charge in [-0.25, -0.2) is 0 Å². The third-order valence-corrected chi connectivity index (χ3v) is 5.63. The van der Waals surface area contributed by atoms with E-state index in [1.54, 1.807) is 7.11 Å². The van der Waals surface area contributed by atoms with E-state index in [0.717, 1.165) is 42.8 Å². The quantitative estimate of drug-likeness (QED) is 0.628. The lowest BCUT2D eigenvalue weighted by Crippen LogP contribution is -2.40. The van der Waals surface area contributed by atoms with Crippen LogP contribution >= 0.6 is 0 Å². The topological polar surface area (TPSA) is 59.0 Å². The van der Waals surface area contributed by atoms with Gasteiger partial charge in [-0.3, -0.25) is 4.79 Å². The fourth-order valence-electron chi connectivity index (χ4n) is 3.93. The van der Waals surface area contributed by atoms with Gasteiger partial charge in [0.1, 0.15) is 5.75 Å². The van der Waals surface area contributed by atoms with Crippen LogP contribution in [0.1, 0.15) is 29.5 Å².